The summed E-state index contributed by atoms with van der Waals surface area (Å²) in [6.07, 6.45) is 2.69. The highest BCUT2D eigenvalue weighted by Crippen LogP contribution is 2.30. The number of benzene rings is 1. The summed E-state index contributed by atoms with van der Waals surface area (Å²) in [4.78, 5) is 0. The molecule has 1 aliphatic heterocycles. The summed E-state index contributed by atoms with van der Waals surface area (Å²) < 4.78 is 0. The van der Waals surface area contributed by atoms with Gasteiger partial charge in [-0.1, -0.05) is 44.2 Å². The number of rotatable bonds is 5. The van der Waals surface area contributed by atoms with Gasteiger partial charge in [0, 0.05) is 13.1 Å². The Balaban J connectivity index is 1.77. The average Bonchev–Trinajstić information content (AvgIpc) is 2.41. The van der Waals surface area contributed by atoms with Crippen LogP contribution in [0.4, 0.5) is 0 Å². The second kappa shape index (κ2) is 6.35. The molecule has 0 amide bonds. The van der Waals surface area contributed by atoms with E-state index in [2.05, 4.69) is 54.8 Å². The highest BCUT2D eigenvalue weighted by atomic mass is 14.9. The largest absolute Gasteiger partial charge is 0.316 e. The first-order chi connectivity index (χ1) is 8.68. The topological polar surface area (TPSA) is 24.1 Å². The zero-order valence-electron chi connectivity index (χ0n) is 11.7. The lowest BCUT2D eigenvalue weighted by molar-refractivity contribution is 0.166. The summed E-state index contributed by atoms with van der Waals surface area (Å²) in [5.41, 5.74) is 1.75. The van der Waals surface area contributed by atoms with Crippen LogP contribution in [0.25, 0.3) is 0 Å². The van der Waals surface area contributed by atoms with Gasteiger partial charge in [0.2, 0.25) is 0 Å². The van der Waals surface area contributed by atoms with Crippen LogP contribution in [0.2, 0.25) is 0 Å². The first-order valence-corrected chi connectivity index (χ1v) is 7.14. The molecule has 0 radical (unpaired) electrons. The van der Waals surface area contributed by atoms with Crippen LogP contribution >= 0.6 is 0 Å². The minimum Gasteiger partial charge on any atom is -0.316 e. The second-order valence-electron chi connectivity index (χ2n) is 6.12. The lowest BCUT2D eigenvalue weighted by Crippen LogP contribution is -2.43. The lowest BCUT2D eigenvalue weighted by atomic mass is 9.75. The Morgan fingerprint density at radius 1 is 1.28 bits per heavy atom. The third kappa shape index (κ3) is 3.82. The number of nitrogens with one attached hydrogen (secondary N) is 2. The Morgan fingerprint density at radius 2 is 2.06 bits per heavy atom. The van der Waals surface area contributed by atoms with Crippen molar-refractivity contribution in [3.8, 4) is 0 Å². The van der Waals surface area contributed by atoms with Gasteiger partial charge in [-0.25, -0.2) is 0 Å². The van der Waals surface area contributed by atoms with Crippen molar-refractivity contribution in [1.82, 2.24) is 10.6 Å². The second-order valence-corrected chi connectivity index (χ2v) is 6.12. The first-order valence-electron chi connectivity index (χ1n) is 7.14. The van der Waals surface area contributed by atoms with Crippen LogP contribution in [0.3, 0.4) is 0 Å². The van der Waals surface area contributed by atoms with Crippen molar-refractivity contribution < 1.29 is 0 Å². The van der Waals surface area contributed by atoms with Gasteiger partial charge >= 0.3 is 0 Å². The van der Waals surface area contributed by atoms with Gasteiger partial charge in [0.25, 0.3) is 0 Å². The Labute approximate surface area is 111 Å². The van der Waals surface area contributed by atoms with Crippen LogP contribution in [0.1, 0.15) is 32.3 Å². The molecule has 1 fully saturated rings. The van der Waals surface area contributed by atoms with Gasteiger partial charge in [0.05, 0.1) is 0 Å². The van der Waals surface area contributed by atoms with E-state index >= 15 is 0 Å². The van der Waals surface area contributed by atoms with Gasteiger partial charge < -0.3 is 10.6 Å². The molecule has 1 saturated heterocycles. The molecular formula is C16H26N2. The molecule has 18 heavy (non-hydrogen) atoms. The molecule has 1 unspecified atom stereocenters. The van der Waals surface area contributed by atoms with E-state index in [0.717, 1.165) is 19.0 Å². The molecule has 2 rings (SSSR count). The van der Waals surface area contributed by atoms with Crippen LogP contribution < -0.4 is 10.6 Å². The van der Waals surface area contributed by atoms with Gasteiger partial charge in [-0.05, 0) is 42.8 Å². The van der Waals surface area contributed by atoms with E-state index in [4.69, 9.17) is 0 Å². The van der Waals surface area contributed by atoms with E-state index < -0.39 is 0 Å². The monoisotopic (exact) mass is 246 g/mol. The molecule has 0 aromatic heterocycles. The molecule has 1 aliphatic rings. The minimum absolute atomic E-state index is 0.377. The molecule has 0 saturated carbocycles. The van der Waals surface area contributed by atoms with Gasteiger partial charge in [-0.3, -0.25) is 0 Å². The smallest absolute Gasteiger partial charge is 0.0205 e. The van der Waals surface area contributed by atoms with Crippen molar-refractivity contribution in [2.24, 2.45) is 11.3 Å². The fourth-order valence-corrected chi connectivity index (χ4v) is 2.79. The summed E-state index contributed by atoms with van der Waals surface area (Å²) in [5, 5.41) is 7.13. The van der Waals surface area contributed by atoms with Crippen LogP contribution in [-0.4, -0.2) is 19.6 Å². The summed E-state index contributed by atoms with van der Waals surface area (Å²) >= 11 is 0. The summed E-state index contributed by atoms with van der Waals surface area (Å²) in [6, 6.07) is 10.6. The van der Waals surface area contributed by atoms with E-state index in [9.17, 15) is 0 Å². The van der Waals surface area contributed by atoms with Crippen molar-refractivity contribution in [1.29, 1.82) is 0 Å². The molecule has 2 heteroatoms. The Kier molecular flexibility index (Phi) is 4.79. The van der Waals surface area contributed by atoms with Crippen molar-refractivity contribution >= 4 is 0 Å². The molecule has 0 spiro atoms. The first kappa shape index (κ1) is 13.6. The molecule has 0 bridgehead atoms. The van der Waals surface area contributed by atoms with Gasteiger partial charge in [-0.2, -0.15) is 0 Å². The van der Waals surface area contributed by atoms with E-state index in [0.29, 0.717) is 5.41 Å². The molecule has 1 heterocycles. The maximum absolute atomic E-state index is 3.61. The van der Waals surface area contributed by atoms with Crippen LogP contribution in [0, 0.1) is 11.3 Å². The number of hydrogen-bond donors (Lipinski definition) is 2. The summed E-state index contributed by atoms with van der Waals surface area (Å²) in [6.45, 7) is 9.23. The quantitative estimate of drug-likeness (QED) is 0.835. The Bertz CT molecular complexity index is 339. The Morgan fingerprint density at radius 3 is 2.72 bits per heavy atom. The third-order valence-electron chi connectivity index (χ3n) is 4.15. The lowest BCUT2D eigenvalue weighted by Gasteiger charge is -2.37. The van der Waals surface area contributed by atoms with Gasteiger partial charge in [0.1, 0.15) is 0 Å². The normalized spacial score (nSPS) is 20.9. The zero-order valence-corrected chi connectivity index (χ0v) is 11.7. The predicted octanol–water partition coefficient (Wildman–Crippen LogP) is 2.80. The molecule has 100 valence electrons. The van der Waals surface area contributed by atoms with Crippen molar-refractivity contribution in [2.75, 3.05) is 19.6 Å². The van der Waals surface area contributed by atoms with E-state index in [-0.39, 0.29) is 0 Å². The predicted molar refractivity (Wildman–Crippen MR) is 77.5 cm³/mol. The number of hydrogen-bond acceptors (Lipinski definition) is 2. The van der Waals surface area contributed by atoms with Crippen molar-refractivity contribution in [3.05, 3.63) is 35.9 Å². The maximum Gasteiger partial charge on any atom is 0.0205 e. The summed E-state index contributed by atoms with van der Waals surface area (Å²) in [7, 11) is 0. The van der Waals surface area contributed by atoms with Crippen molar-refractivity contribution in [2.45, 2.75) is 33.2 Å². The number of piperidine rings is 1. The SMILES string of the molecule is CC(C)(CNCc1ccccc1)C1CCCNC1. The highest BCUT2D eigenvalue weighted by Gasteiger charge is 2.29. The van der Waals surface area contributed by atoms with E-state index in [1.165, 1.54) is 31.5 Å². The minimum atomic E-state index is 0.377. The van der Waals surface area contributed by atoms with Gasteiger partial charge in [0.15, 0.2) is 0 Å². The van der Waals surface area contributed by atoms with Crippen LogP contribution in [0.5, 0.6) is 0 Å². The molecule has 2 N–H and O–H groups in total. The molecule has 1 aromatic carbocycles. The third-order valence-corrected chi connectivity index (χ3v) is 4.15. The van der Waals surface area contributed by atoms with Gasteiger partial charge in [-0.15, -0.1) is 0 Å². The molecule has 1 atom stereocenters. The highest BCUT2D eigenvalue weighted by molar-refractivity contribution is 5.14. The maximum atomic E-state index is 3.61. The zero-order chi connectivity index (χ0) is 12.8. The molecule has 0 aliphatic carbocycles. The molecular weight excluding hydrogens is 220 g/mol. The van der Waals surface area contributed by atoms with Crippen molar-refractivity contribution in [3.63, 3.8) is 0 Å². The average molecular weight is 246 g/mol. The molecule has 2 nitrogen and oxygen atoms in total. The van der Waals surface area contributed by atoms with Crippen LogP contribution in [-0.2, 0) is 6.54 Å². The van der Waals surface area contributed by atoms with Crippen LogP contribution in [0.15, 0.2) is 30.3 Å². The summed E-state index contributed by atoms with van der Waals surface area (Å²) in [5.74, 6) is 0.800. The standard InChI is InChI=1S/C16H26N2/c1-16(2,15-9-6-10-17-12-15)13-18-11-14-7-4-3-5-8-14/h3-5,7-8,15,17-18H,6,9-13H2,1-2H3. The fraction of sp³-hybridized carbons (Fsp3) is 0.625. The van der Waals surface area contributed by atoms with E-state index in [1.807, 2.05) is 0 Å². The molecule has 1 aromatic rings. The van der Waals surface area contributed by atoms with E-state index in [1.54, 1.807) is 0 Å². The Hall–Kier alpha value is -0.860. The fourth-order valence-electron chi connectivity index (χ4n) is 2.79.